The molecule has 0 saturated carbocycles. The number of rotatable bonds is 10. The summed E-state index contributed by atoms with van der Waals surface area (Å²) in [7, 11) is 0. The molecule has 0 fully saturated rings. The van der Waals surface area contributed by atoms with Gasteiger partial charge in [-0.1, -0.05) is 109 Å². The minimum atomic E-state index is -0.911. The lowest BCUT2D eigenvalue weighted by atomic mass is 9.91. The van der Waals surface area contributed by atoms with Crippen LogP contribution in [0.15, 0.2) is 218 Å². The van der Waals surface area contributed by atoms with Gasteiger partial charge < -0.3 is 9.80 Å². The van der Waals surface area contributed by atoms with Gasteiger partial charge in [0.25, 0.3) is 0 Å². The van der Waals surface area contributed by atoms with E-state index in [2.05, 4.69) is 0 Å². The van der Waals surface area contributed by atoms with Gasteiger partial charge in [-0.15, -0.1) is 0 Å². The maximum Gasteiger partial charge on any atom is 0.150 e. The fraction of sp³-hybridized carbons (Fsp3) is 0. The number of anilines is 6. The SMILES string of the molecule is Fc1ccc(N(c2cc(-c3ccccc3F)cc(-c3ccccc3F)c2)c2ccc3ccc4c(N(c5cc(-c6ccccc6F)cc(-c6ccccc6F)c5)c5ccc(F)cc5F)ccc5ccc2c3c54)c(F)c1. The van der Waals surface area contributed by atoms with Crippen LogP contribution in [0.2, 0.25) is 0 Å². The van der Waals surface area contributed by atoms with Crippen molar-refractivity contribution >= 4 is 66.4 Å². The molecule has 0 aliphatic heterocycles. The van der Waals surface area contributed by atoms with Gasteiger partial charge in [0.15, 0.2) is 0 Å². The van der Waals surface area contributed by atoms with E-state index in [4.69, 9.17) is 0 Å². The third-order valence-corrected chi connectivity index (χ3v) is 13.5. The Morgan fingerprint density at radius 1 is 0.243 bits per heavy atom. The van der Waals surface area contributed by atoms with Crippen LogP contribution in [-0.2, 0) is 0 Å². The average molecular weight is 985 g/mol. The van der Waals surface area contributed by atoms with Crippen LogP contribution in [0.1, 0.15) is 0 Å². The quantitative estimate of drug-likeness (QED) is 0.0995. The van der Waals surface area contributed by atoms with Gasteiger partial charge in [-0.3, -0.25) is 0 Å². The first-order chi connectivity index (χ1) is 36.0. The van der Waals surface area contributed by atoms with Crippen LogP contribution in [0.5, 0.6) is 0 Å². The van der Waals surface area contributed by atoms with Crippen molar-refractivity contribution < 1.29 is 35.1 Å². The van der Waals surface area contributed by atoms with Crippen LogP contribution in [-0.4, -0.2) is 0 Å². The Kier molecular flexibility index (Phi) is 11.4. The molecule has 0 N–H and O–H groups in total. The monoisotopic (exact) mass is 984 g/mol. The van der Waals surface area contributed by atoms with Crippen LogP contribution in [0, 0.1) is 46.5 Å². The number of hydrogen-bond donors (Lipinski definition) is 0. The van der Waals surface area contributed by atoms with Gasteiger partial charge in [-0.05, 0) is 141 Å². The van der Waals surface area contributed by atoms with Gasteiger partial charge in [-0.25, -0.2) is 35.1 Å². The molecule has 0 aromatic heterocycles. The van der Waals surface area contributed by atoms with E-state index in [1.165, 1.54) is 36.4 Å². The zero-order chi connectivity index (χ0) is 50.8. The highest BCUT2D eigenvalue weighted by atomic mass is 19.2. The summed E-state index contributed by atoms with van der Waals surface area (Å²) in [6.45, 7) is 0. The summed E-state index contributed by atoms with van der Waals surface area (Å²) in [5.41, 5.74) is 3.56. The maximum atomic E-state index is 16.6. The molecule has 0 spiro atoms. The second-order valence-corrected chi connectivity index (χ2v) is 17.9. The van der Waals surface area contributed by atoms with E-state index < -0.39 is 46.5 Å². The zero-order valence-electron chi connectivity index (χ0n) is 38.7. The Hall–Kier alpha value is -9.28. The smallest absolute Gasteiger partial charge is 0.150 e. The summed E-state index contributed by atoms with van der Waals surface area (Å²) in [5.74, 6) is -5.62. The Labute approximate surface area is 419 Å². The molecule has 2 nitrogen and oxygen atoms in total. The van der Waals surface area contributed by atoms with E-state index in [9.17, 15) is 8.78 Å². The molecule has 0 unspecified atom stereocenters. The molecule has 0 atom stereocenters. The number of halogens is 8. The van der Waals surface area contributed by atoms with Crippen molar-refractivity contribution in [3.05, 3.63) is 265 Å². The molecule has 0 radical (unpaired) electrons. The van der Waals surface area contributed by atoms with Crippen molar-refractivity contribution in [1.29, 1.82) is 0 Å². The van der Waals surface area contributed by atoms with Crippen molar-refractivity contribution in [2.75, 3.05) is 9.80 Å². The summed E-state index contributed by atoms with van der Waals surface area (Å²) >= 11 is 0. The fourth-order valence-corrected chi connectivity index (χ4v) is 10.2. The van der Waals surface area contributed by atoms with Crippen LogP contribution < -0.4 is 9.80 Å². The van der Waals surface area contributed by atoms with Crippen molar-refractivity contribution in [3.63, 3.8) is 0 Å². The predicted molar refractivity (Wildman–Crippen MR) is 281 cm³/mol. The van der Waals surface area contributed by atoms with Gasteiger partial charge in [0.05, 0.1) is 22.7 Å². The topological polar surface area (TPSA) is 6.48 Å². The van der Waals surface area contributed by atoms with Crippen LogP contribution >= 0.6 is 0 Å². The average Bonchev–Trinajstić information content (AvgIpc) is 3.41. The van der Waals surface area contributed by atoms with E-state index in [-0.39, 0.29) is 33.6 Å². The maximum absolute atomic E-state index is 16.6. The molecule has 0 heterocycles. The summed E-state index contributed by atoms with van der Waals surface area (Å²) in [4.78, 5) is 3.18. The van der Waals surface area contributed by atoms with Gasteiger partial charge in [0, 0.05) is 56.5 Å². The standard InChI is InChI=1S/C64H36F8N2/c65-43-21-27-61(57(71)35-43)73(45-31-39(47-9-1-5-13-53(47)67)29-40(32-45)48-10-2-6-14-54(48)68)59-25-19-37-18-24-52-60(26-20-38-17-23-51(59)63(37)64(38)52)74(62-28-22-44(66)36-58(62)72)46-33-41(49-11-3-7-15-55(49)69)30-42(34-46)50-12-4-8-16-56(50)70/h1-36H. The molecule has 0 aliphatic rings. The van der Waals surface area contributed by atoms with Crippen LogP contribution in [0.3, 0.4) is 0 Å². The van der Waals surface area contributed by atoms with Crippen LogP contribution in [0.4, 0.5) is 69.2 Å². The summed E-state index contributed by atoms with van der Waals surface area (Å²) in [6.07, 6.45) is 0. The summed E-state index contributed by atoms with van der Waals surface area (Å²) in [6, 6.07) is 55.7. The first kappa shape index (κ1) is 45.8. The normalized spacial score (nSPS) is 11.5. The molecule has 0 saturated heterocycles. The van der Waals surface area contributed by atoms with E-state index in [1.54, 1.807) is 131 Å². The molecular formula is C64H36F8N2. The number of hydrogen-bond acceptors (Lipinski definition) is 2. The lowest BCUT2D eigenvalue weighted by molar-refractivity contribution is 0.583. The Morgan fingerprint density at radius 2 is 0.541 bits per heavy atom. The van der Waals surface area contributed by atoms with Gasteiger partial charge in [0.2, 0.25) is 0 Å². The van der Waals surface area contributed by atoms with Gasteiger partial charge >= 0.3 is 0 Å². The van der Waals surface area contributed by atoms with Crippen molar-refractivity contribution in [2.24, 2.45) is 0 Å². The summed E-state index contributed by atoms with van der Waals surface area (Å²) in [5, 5.41) is 4.08. The van der Waals surface area contributed by atoms with Crippen molar-refractivity contribution in [2.45, 2.75) is 0 Å². The minimum Gasteiger partial charge on any atom is -0.307 e. The van der Waals surface area contributed by atoms with Crippen molar-refractivity contribution in [3.8, 4) is 44.5 Å². The molecule has 0 amide bonds. The predicted octanol–water partition coefficient (Wildman–Crippen LogP) is 19.3. The fourth-order valence-electron chi connectivity index (χ4n) is 10.2. The molecule has 0 aliphatic carbocycles. The Morgan fingerprint density at radius 3 is 0.851 bits per heavy atom. The largest absolute Gasteiger partial charge is 0.307 e. The first-order valence-electron chi connectivity index (χ1n) is 23.5. The van der Waals surface area contributed by atoms with Crippen molar-refractivity contribution in [1.82, 2.24) is 0 Å². The molecule has 358 valence electrons. The van der Waals surface area contributed by atoms with Gasteiger partial charge in [0.1, 0.15) is 46.5 Å². The first-order valence-corrected chi connectivity index (χ1v) is 23.5. The molecular weight excluding hydrogens is 949 g/mol. The molecule has 74 heavy (non-hydrogen) atoms. The second kappa shape index (κ2) is 18.4. The lowest BCUT2D eigenvalue weighted by Gasteiger charge is -2.30. The molecule has 0 bridgehead atoms. The van der Waals surface area contributed by atoms with E-state index in [0.717, 1.165) is 35.0 Å². The van der Waals surface area contributed by atoms with E-state index in [1.807, 2.05) is 36.4 Å². The van der Waals surface area contributed by atoms with Gasteiger partial charge in [-0.2, -0.15) is 0 Å². The highest BCUT2D eigenvalue weighted by Gasteiger charge is 2.27. The summed E-state index contributed by atoms with van der Waals surface area (Å²) < 4.78 is 126. The van der Waals surface area contributed by atoms with Crippen LogP contribution in [0.25, 0.3) is 76.8 Å². The second-order valence-electron chi connectivity index (χ2n) is 17.9. The highest BCUT2D eigenvalue weighted by molar-refractivity contribution is 6.28. The zero-order valence-corrected chi connectivity index (χ0v) is 38.7. The highest BCUT2D eigenvalue weighted by Crippen LogP contribution is 2.50. The molecule has 12 aromatic rings. The third-order valence-electron chi connectivity index (χ3n) is 13.5. The third kappa shape index (κ3) is 8.01. The number of benzene rings is 12. The lowest BCUT2D eigenvalue weighted by Crippen LogP contribution is -2.14. The number of nitrogens with zero attached hydrogens (tertiary/aromatic N) is 2. The van der Waals surface area contributed by atoms with E-state index >= 15 is 26.3 Å². The Balaban J connectivity index is 1.13. The molecule has 12 aromatic carbocycles. The minimum absolute atomic E-state index is 0.0642. The molecule has 10 heteroatoms. The Bertz CT molecular complexity index is 3780. The molecule has 12 rings (SSSR count). The van der Waals surface area contributed by atoms with E-state index in [0.29, 0.717) is 66.5 Å².